The first-order valence-corrected chi connectivity index (χ1v) is 7.33. The van der Waals surface area contributed by atoms with E-state index in [1.807, 2.05) is 20.8 Å². The maximum Gasteiger partial charge on any atom is 0.407 e. The molecule has 1 unspecified atom stereocenters. The summed E-state index contributed by atoms with van der Waals surface area (Å²) in [4.78, 5) is 12.4. The number of piperidine rings is 1. The molecule has 1 aliphatic heterocycles. The van der Waals surface area contributed by atoms with Crippen molar-refractivity contribution in [1.82, 2.24) is 4.90 Å². The molecule has 102 valence electrons. The molecule has 2 aliphatic rings. The number of amides is 1. The molecule has 0 bridgehead atoms. The highest BCUT2D eigenvalue weighted by Crippen LogP contribution is 2.52. The fourth-order valence-corrected chi connectivity index (χ4v) is 2.86. The van der Waals surface area contributed by atoms with Crippen molar-refractivity contribution in [1.29, 1.82) is 0 Å². The molecule has 1 saturated heterocycles. The molecule has 6 heteroatoms. The average molecular weight is 272 g/mol. The summed E-state index contributed by atoms with van der Waals surface area (Å²) in [6, 6.07) is 0. The molecule has 5 nitrogen and oxygen atoms in total. The van der Waals surface area contributed by atoms with Gasteiger partial charge in [-0.3, -0.25) is 0 Å². The van der Waals surface area contributed by atoms with Crippen molar-refractivity contribution >= 4 is 23.2 Å². The summed E-state index contributed by atoms with van der Waals surface area (Å²) in [5.41, 5.74) is 0.886. The summed E-state index contributed by atoms with van der Waals surface area (Å²) in [6.45, 7) is 6.52. The second-order valence-electron chi connectivity index (χ2n) is 6.13. The normalized spacial score (nSPS) is 26.4. The van der Waals surface area contributed by atoms with Gasteiger partial charge in [-0.15, -0.1) is 0 Å². The quantitative estimate of drug-likeness (QED) is 0.742. The van der Waals surface area contributed by atoms with Gasteiger partial charge in [-0.1, -0.05) is 4.40 Å². The summed E-state index contributed by atoms with van der Waals surface area (Å²) >= 11 is -1.30. The van der Waals surface area contributed by atoms with Gasteiger partial charge in [-0.05, 0) is 40.0 Å². The van der Waals surface area contributed by atoms with Gasteiger partial charge in [0.05, 0.1) is 12.3 Å². The van der Waals surface area contributed by atoms with Crippen LogP contribution >= 0.6 is 0 Å². The lowest BCUT2D eigenvalue weighted by atomic mass is 9.92. The highest BCUT2D eigenvalue weighted by atomic mass is 32.2. The van der Waals surface area contributed by atoms with E-state index in [2.05, 4.69) is 4.40 Å². The van der Waals surface area contributed by atoms with Crippen LogP contribution in [0.25, 0.3) is 0 Å². The van der Waals surface area contributed by atoms with Gasteiger partial charge in [-0.2, -0.15) is 0 Å². The van der Waals surface area contributed by atoms with Crippen molar-refractivity contribution in [2.24, 2.45) is 9.81 Å². The molecular weight excluding hydrogens is 252 g/mol. The maximum absolute atomic E-state index is 12.1. The van der Waals surface area contributed by atoms with Crippen LogP contribution < -0.4 is 0 Å². The van der Waals surface area contributed by atoms with Crippen LogP contribution in [0.2, 0.25) is 0 Å². The molecule has 1 N–H and O–H groups in total. The average Bonchev–Trinajstić information content (AvgIpc) is 3.00. The predicted octanol–water partition coefficient (Wildman–Crippen LogP) is 2.05. The second-order valence-corrected chi connectivity index (χ2v) is 8.04. The first kappa shape index (κ1) is 13.7. The third kappa shape index (κ3) is 2.64. The van der Waals surface area contributed by atoms with Gasteiger partial charge in [-0.25, -0.2) is 4.79 Å². The smallest absolute Gasteiger partial charge is 0.407 e. The zero-order valence-corrected chi connectivity index (χ0v) is 11.9. The topological polar surface area (TPSA) is 76.0 Å². The Morgan fingerprint density at radius 2 is 2.06 bits per heavy atom. The minimum atomic E-state index is -1.30. The molecule has 0 aromatic carbocycles. The summed E-state index contributed by atoms with van der Waals surface area (Å²) in [6.07, 6.45) is 2.01. The molecule has 1 saturated carbocycles. The van der Waals surface area contributed by atoms with Gasteiger partial charge < -0.3 is 14.6 Å². The Balaban J connectivity index is 2.17. The van der Waals surface area contributed by atoms with E-state index >= 15 is 0 Å². The van der Waals surface area contributed by atoms with E-state index in [9.17, 15) is 9.35 Å². The van der Waals surface area contributed by atoms with Gasteiger partial charge in [0.25, 0.3) is 0 Å². The lowest BCUT2D eigenvalue weighted by Gasteiger charge is -2.31. The number of carbonyl (C=O) groups is 1. The van der Waals surface area contributed by atoms with E-state index in [1.165, 1.54) is 4.90 Å². The molecule has 1 amide bonds. The predicted molar refractivity (Wildman–Crippen MR) is 71.2 cm³/mol. The van der Waals surface area contributed by atoms with Crippen LogP contribution in [0.4, 0.5) is 4.79 Å². The van der Waals surface area contributed by atoms with Crippen molar-refractivity contribution in [3.05, 3.63) is 0 Å². The highest BCUT2D eigenvalue weighted by molar-refractivity contribution is 7.91. The Bertz CT molecular complexity index is 385. The Morgan fingerprint density at radius 1 is 1.44 bits per heavy atom. The zero-order valence-electron chi connectivity index (χ0n) is 11.1. The summed E-state index contributed by atoms with van der Waals surface area (Å²) < 4.78 is 16.0. The zero-order chi connectivity index (χ0) is 13.6. The van der Waals surface area contributed by atoms with Crippen LogP contribution in [0.1, 0.15) is 40.0 Å². The van der Waals surface area contributed by atoms with Crippen LogP contribution in [-0.2, 0) is 11.4 Å². The number of likely N-dealkylation sites (tertiary alicyclic amines) is 1. The van der Waals surface area contributed by atoms with Crippen molar-refractivity contribution in [2.45, 2.75) is 44.8 Å². The Kier molecular flexibility index (Phi) is 3.36. The SMILES string of the molecule is CC(C)(C)[S+]([O-])N=C1CN(C(=O)O)CCC12CC2. The molecule has 1 spiro atoms. The van der Waals surface area contributed by atoms with Gasteiger partial charge >= 0.3 is 6.09 Å². The van der Waals surface area contributed by atoms with Crippen LogP contribution in [0.3, 0.4) is 0 Å². The largest absolute Gasteiger partial charge is 0.591 e. The van der Waals surface area contributed by atoms with E-state index in [0.29, 0.717) is 13.1 Å². The van der Waals surface area contributed by atoms with Gasteiger partial charge in [0.1, 0.15) is 16.1 Å². The highest BCUT2D eigenvalue weighted by Gasteiger charge is 2.52. The van der Waals surface area contributed by atoms with Gasteiger partial charge in [0.15, 0.2) is 0 Å². The van der Waals surface area contributed by atoms with Crippen molar-refractivity contribution < 1.29 is 14.5 Å². The Morgan fingerprint density at radius 3 is 2.50 bits per heavy atom. The lowest BCUT2D eigenvalue weighted by Crippen LogP contribution is -2.45. The minimum absolute atomic E-state index is 0.0624. The molecule has 1 heterocycles. The molecule has 2 fully saturated rings. The van der Waals surface area contributed by atoms with Crippen molar-refractivity contribution in [3.63, 3.8) is 0 Å². The van der Waals surface area contributed by atoms with Crippen molar-refractivity contribution in [2.75, 3.05) is 13.1 Å². The standard InChI is InChI=1S/C12H20N2O3S/c1-11(2,3)18(17)13-9-8-14(10(15)16)7-6-12(9)4-5-12/h4-8H2,1-3H3,(H,15,16). The molecule has 18 heavy (non-hydrogen) atoms. The summed E-state index contributed by atoms with van der Waals surface area (Å²) in [5.74, 6) is 0. The summed E-state index contributed by atoms with van der Waals surface area (Å²) in [5, 5.41) is 9.04. The van der Waals surface area contributed by atoms with E-state index < -0.39 is 22.2 Å². The fourth-order valence-electron chi connectivity index (χ4n) is 2.14. The summed E-state index contributed by atoms with van der Waals surface area (Å²) in [7, 11) is 0. The van der Waals surface area contributed by atoms with Gasteiger partial charge in [0.2, 0.25) is 0 Å². The Hall–Kier alpha value is -0.750. The van der Waals surface area contributed by atoms with Crippen LogP contribution in [0, 0.1) is 5.41 Å². The van der Waals surface area contributed by atoms with Crippen LogP contribution in [-0.4, -0.2) is 44.2 Å². The van der Waals surface area contributed by atoms with E-state index in [4.69, 9.17) is 5.11 Å². The number of rotatable bonds is 1. The first-order chi connectivity index (χ1) is 8.24. The lowest BCUT2D eigenvalue weighted by molar-refractivity contribution is 0.144. The van der Waals surface area contributed by atoms with Crippen LogP contribution in [0.5, 0.6) is 0 Å². The fraction of sp³-hybridized carbons (Fsp3) is 0.833. The third-order valence-electron chi connectivity index (χ3n) is 3.65. The van der Waals surface area contributed by atoms with E-state index in [0.717, 1.165) is 25.0 Å². The monoisotopic (exact) mass is 272 g/mol. The molecule has 2 rings (SSSR count). The maximum atomic E-state index is 12.1. The first-order valence-electron chi connectivity index (χ1n) is 6.22. The molecule has 0 aromatic heterocycles. The molecule has 0 radical (unpaired) electrons. The molecule has 1 atom stereocenters. The Labute approximate surface area is 111 Å². The molecular formula is C12H20N2O3S. The number of nitrogens with zero attached hydrogens (tertiary/aromatic N) is 2. The molecule has 0 aromatic rings. The van der Waals surface area contributed by atoms with E-state index in [1.54, 1.807) is 0 Å². The molecule has 1 aliphatic carbocycles. The number of hydrogen-bond donors (Lipinski definition) is 1. The number of carboxylic acid groups (broad SMARTS) is 1. The number of hydrogen-bond acceptors (Lipinski definition) is 3. The third-order valence-corrected chi connectivity index (χ3v) is 5.09. The second kappa shape index (κ2) is 4.42. The minimum Gasteiger partial charge on any atom is -0.591 e. The van der Waals surface area contributed by atoms with Crippen LogP contribution in [0.15, 0.2) is 4.40 Å². The van der Waals surface area contributed by atoms with E-state index in [-0.39, 0.29) is 5.41 Å². The van der Waals surface area contributed by atoms with Crippen molar-refractivity contribution in [3.8, 4) is 0 Å². The van der Waals surface area contributed by atoms with Gasteiger partial charge in [0, 0.05) is 12.0 Å².